The molecule has 0 aliphatic carbocycles. The van der Waals surface area contributed by atoms with Crippen molar-refractivity contribution < 1.29 is 4.79 Å². The largest absolute Gasteiger partial charge is 0.351 e. The van der Waals surface area contributed by atoms with Gasteiger partial charge in [-0.15, -0.1) is 0 Å². The number of primary amides is 1. The molecule has 6 nitrogen and oxygen atoms in total. The molecule has 2 atom stereocenters. The number of hydrogen-bond donors (Lipinski definition) is 1. The molecule has 2 amide bonds. The summed E-state index contributed by atoms with van der Waals surface area (Å²) in [4.78, 5) is 23.5. The van der Waals surface area contributed by atoms with Gasteiger partial charge in [-0.2, -0.15) is 0 Å². The molecule has 0 spiro atoms. The fourth-order valence-corrected chi connectivity index (χ4v) is 2.79. The van der Waals surface area contributed by atoms with E-state index in [4.69, 9.17) is 5.73 Å². The average molecular weight is 233 g/mol. The van der Waals surface area contributed by atoms with Crippen LogP contribution in [0, 0.1) is 11.8 Å². The molecular formula is C11H15N5O. The molecule has 90 valence electrons. The van der Waals surface area contributed by atoms with Gasteiger partial charge in [-0.05, 0) is 6.07 Å². The number of aromatic nitrogens is 2. The third kappa shape index (κ3) is 1.79. The number of urea groups is 1. The molecule has 0 unspecified atom stereocenters. The van der Waals surface area contributed by atoms with Crippen molar-refractivity contribution in [3.8, 4) is 0 Å². The van der Waals surface area contributed by atoms with Gasteiger partial charge in [0.05, 0.1) is 0 Å². The highest BCUT2D eigenvalue weighted by molar-refractivity contribution is 5.72. The van der Waals surface area contributed by atoms with Gasteiger partial charge in [-0.25, -0.2) is 14.8 Å². The molecule has 0 radical (unpaired) electrons. The third-order valence-electron chi connectivity index (χ3n) is 3.63. The van der Waals surface area contributed by atoms with E-state index < -0.39 is 0 Å². The lowest BCUT2D eigenvalue weighted by Crippen LogP contribution is -2.36. The number of carbonyl (C=O) groups excluding carboxylic acids is 1. The van der Waals surface area contributed by atoms with E-state index in [0.29, 0.717) is 11.8 Å². The van der Waals surface area contributed by atoms with E-state index in [1.165, 1.54) is 0 Å². The molecule has 2 N–H and O–H groups in total. The van der Waals surface area contributed by atoms with Crippen LogP contribution in [0.1, 0.15) is 0 Å². The Morgan fingerprint density at radius 3 is 2.29 bits per heavy atom. The fourth-order valence-electron chi connectivity index (χ4n) is 2.79. The normalized spacial score (nSPS) is 27.3. The van der Waals surface area contributed by atoms with Gasteiger partial charge >= 0.3 is 6.03 Å². The van der Waals surface area contributed by atoms with Crippen LogP contribution >= 0.6 is 0 Å². The lowest BCUT2D eigenvalue weighted by molar-refractivity contribution is 0.215. The molecule has 2 saturated heterocycles. The summed E-state index contributed by atoms with van der Waals surface area (Å²) in [6.45, 7) is 3.36. The average Bonchev–Trinajstić information content (AvgIpc) is 2.87. The highest BCUT2D eigenvalue weighted by Crippen LogP contribution is 2.32. The molecule has 1 aromatic rings. The van der Waals surface area contributed by atoms with Gasteiger partial charge in [0.1, 0.15) is 0 Å². The Hall–Kier alpha value is -1.85. The number of nitrogens with two attached hydrogens (primary N) is 1. The summed E-state index contributed by atoms with van der Waals surface area (Å²) in [5, 5.41) is 0. The van der Waals surface area contributed by atoms with Crippen LogP contribution in [0.5, 0.6) is 0 Å². The van der Waals surface area contributed by atoms with Crippen molar-refractivity contribution in [2.24, 2.45) is 17.6 Å². The summed E-state index contributed by atoms with van der Waals surface area (Å²) in [6, 6.07) is 1.51. The summed E-state index contributed by atoms with van der Waals surface area (Å²) in [6.07, 6.45) is 3.51. The predicted octanol–water partition coefficient (Wildman–Crippen LogP) is -0.0767. The van der Waals surface area contributed by atoms with E-state index in [0.717, 1.165) is 32.1 Å². The van der Waals surface area contributed by atoms with Gasteiger partial charge in [0.2, 0.25) is 5.95 Å². The number of nitrogens with zero attached hydrogens (tertiary/aromatic N) is 4. The van der Waals surface area contributed by atoms with Crippen LogP contribution in [0.2, 0.25) is 0 Å². The van der Waals surface area contributed by atoms with Crippen LogP contribution in [0.25, 0.3) is 0 Å². The summed E-state index contributed by atoms with van der Waals surface area (Å²) in [5.41, 5.74) is 5.30. The van der Waals surface area contributed by atoms with E-state index in [9.17, 15) is 4.79 Å². The Balaban J connectivity index is 1.68. The van der Waals surface area contributed by atoms with E-state index in [2.05, 4.69) is 14.9 Å². The Bertz CT molecular complexity index is 409. The molecule has 2 aliphatic heterocycles. The summed E-state index contributed by atoms with van der Waals surface area (Å²) in [7, 11) is 0. The first kappa shape index (κ1) is 10.3. The van der Waals surface area contributed by atoms with Crippen LogP contribution in [-0.2, 0) is 0 Å². The maximum Gasteiger partial charge on any atom is 0.314 e. The second-order valence-electron chi connectivity index (χ2n) is 4.72. The number of likely N-dealkylation sites (tertiary alicyclic amines) is 1. The summed E-state index contributed by atoms with van der Waals surface area (Å²) < 4.78 is 0. The van der Waals surface area contributed by atoms with E-state index >= 15 is 0 Å². The summed E-state index contributed by atoms with van der Waals surface area (Å²) >= 11 is 0. The molecule has 6 heteroatoms. The van der Waals surface area contributed by atoms with E-state index in [-0.39, 0.29) is 6.03 Å². The topological polar surface area (TPSA) is 75.4 Å². The maximum absolute atomic E-state index is 11.1. The number of fused-ring (bicyclic) bond motifs is 1. The number of hydrogen-bond acceptors (Lipinski definition) is 4. The maximum atomic E-state index is 11.1. The van der Waals surface area contributed by atoms with E-state index in [1.807, 2.05) is 6.07 Å². The minimum absolute atomic E-state index is 0.304. The first-order valence-electron chi connectivity index (χ1n) is 5.80. The first-order valence-corrected chi connectivity index (χ1v) is 5.80. The van der Waals surface area contributed by atoms with Gasteiger partial charge in [0.25, 0.3) is 0 Å². The standard InChI is InChI=1S/C11H15N5O/c12-10(17)15-4-8-6-16(7-9(8)5-15)11-13-2-1-3-14-11/h1-3,8-9H,4-7H2,(H2,12,17)/t8-,9+. The zero-order valence-electron chi connectivity index (χ0n) is 9.49. The van der Waals surface area contributed by atoms with Crippen molar-refractivity contribution in [2.45, 2.75) is 0 Å². The first-order chi connectivity index (χ1) is 8.24. The molecule has 3 heterocycles. The van der Waals surface area contributed by atoms with Gasteiger partial charge < -0.3 is 15.5 Å². The number of rotatable bonds is 1. The zero-order chi connectivity index (χ0) is 11.8. The van der Waals surface area contributed by atoms with Crippen molar-refractivity contribution in [1.82, 2.24) is 14.9 Å². The fraction of sp³-hybridized carbons (Fsp3) is 0.545. The van der Waals surface area contributed by atoms with Crippen LogP contribution in [0.3, 0.4) is 0 Å². The predicted molar refractivity (Wildman–Crippen MR) is 62.4 cm³/mol. The number of carbonyl (C=O) groups is 1. The molecule has 0 bridgehead atoms. The Kier molecular flexibility index (Phi) is 2.35. The van der Waals surface area contributed by atoms with Crippen molar-refractivity contribution >= 4 is 12.0 Å². The smallest absolute Gasteiger partial charge is 0.314 e. The highest BCUT2D eigenvalue weighted by Gasteiger charge is 2.41. The minimum atomic E-state index is -0.304. The van der Waals surface area contributed by atoms with Crippen molar-refractivity contribution in [3.05, 3.63) is 18.5 Å². The van der Waals surface area contributed by atoms with Gasteiger partial charge in [0.15, 0.2) is 0 Å². The molecule has 17 heavy (non-hydrogen) atoms. The third-order valence-corrected chi connectivity index (χ3v) is 3.63. The number of anilines is 1. The molecule has 2 aliphatic rings. The van der Waals surface area contributed by atoms with Gasteiger partial charge in [0, 0.05) is 50.4 Å². The summed E-state index contributed by atoms with van der Waals surface area (Å²) in [5.74, 6) is 1.80. The number of amides is 2. The quantitative estimate of drug-likeness (QED) is 0.736. The lowest BCUT2D eigenvalue weighted by Gasteiger charge is -2.20. The molecule has 0 aromatic carbocycles. The van der Waals surface area contributed by atoms with Crippen LogP contribution in [0.15, 0.2) is 18.5 Å². The SMILES string of the molecule is NC(=O)N1C[C@@H]2CN(c3ncccn3)C[C@@H]2C1. The second-order valence-corrected chi connectivity index (χ2v) is 4.72. The van der Waals surface area contributed by atoms with Crippen LogP contribution in [0.4, 0.5) is 10.7 Å². The Morgan fingerprint density at radius 1 is 1.18 bits per heavy atom. The minimum Gasteiger partial charge on any atom is -0.351 e. The molecule has 1 aromatic heterocycles. The zero-order valence-corrected chi connectivity index (χ0v) is 9.49. The van der Waals surface area contributed by atoms with Crippen LogP contribution < -0.4 is 10.6 Å². The van der Waals surface area contributed by atoms with Gasteiger partial charge in [-0.3, -0.25) is 0 Å². The lowest BCUT2D eigenvalue weighted by atomic mass is 10.0. The molecule has 2 fully saturated rings. The van der Waals surface area contributed by atoms with Crippen molar-refractivity contribution in [3.63, 3.8) is 0 Å². The van der Waals surface area contributed by atoms with Crippen molar-refractivity contribution in [2.75, 3.05) is 31.1 Å². The second kappa shape index (κ2) is 3.87. The Morgan fingerprint density at radius 2 is 1.76 bits per heavy atom. The monoisotopic (exact) mass is 233 g/mol. The molecular weight excluding hydrogens is 218 g/mol. The highest BCUT2D eigenvalue weighted by atomic mass is 16.2. The van der Waals surface area contributed by atoms with Crippen molar-refractivity contribution in [1.29, 1.82) is 0 Å². The molecule has 0 saturated carbocycles. The van der Waals surface area contributed by atoms with Crippen LogP contribution in [-0.4, -0.2) is 47.1 Å². The van der Waals surface area contributed by atoms with E-state index in [1.54, 1.807) is 17.3 Å². The molecule has 3 rings (SSSR count). The van der Waals surface area contributed by atoms with Gasteiger partial charge in [-0.1, -0.05) is 0 Å². The Labute approximate surface area is 99.4 Å².